The van der Waals surface area contributed by atoms with Crippen molar-refractivity contribution in [3.05, 3.63) is 48.6 Å². The van der Waals surface area contributed by atoms with Crippen molar-refractivity contribution in [2.45, 2.75) is 38.5 Å². The number of carbonyl (C=O) groups excluding carboxylic acids is 2. The Kier molecular flexibility index (Phi) is 13.9. The molecule has 2 heteroatoms. The summed E-state index contributed by atoms with van der Waals surface area (Å²) >= 11 is 0. The van der Waals surface area contributed by atoms with E-state index in [9.17, 15) is 9.59 Å². The Bertz CT molecular complexity index is 309. The summed E-state index contributed by atoms with van der Waals surface area (Å²) in [5.41, 5.74) is 0. The molecule has 0 bridgehead atoms. The van der Waals surface area contributed by atoms with Crippen LogP contribution in [0.1, 0.15) is 38.5 Å². The van der Waals surface area contributed by atoms with Gasteiger partial charge < -0.3 is 4.79 Å². The molecule has 0 aliphatic heterocycles. The van der Waals surface area contributed by atoms with E-state index in [-0.39, 0.29) is 0 Å². The molecule has 0 spiro atoms. The fraction of sp³-hybridized carbons (Fsp3) is 0.375. The lowest BCUT2D eigenvalue weighted by Crippen LogP contribution is -1.72. The quantitative estimate of drug-likeness (QED) is 0.239. The summed E-state index contributed by atoms with van der Waals surface area (Å²) in [6.45, 7) is 0. The van der Waals surface area contributed by atoms with Gasteiger partial charge in [0.15, 0.2) is 0 Å². The lowest BCUT2D eigenvalue weighted by atomic mass is 10.2. The molecule has 0 atom stereocenters. The van der Waals surface area contributed by atoms with Gasteiger partial charge >= 0.3 is 0 Å². The number of hydrogen-bond donors (Lipinski definition) is 0. The number of hydrogen-bond acceptors (Lipinski definition) is 2. The fourth-order valence-corrected chi connectivity index (χ4v) is 1.32. The molecule has 0 N–H and O–H groups in total. The van der Waals surface area contributed by atoms with Crippen LogP contribution in [0.2, 0.25) is 0 Å². The summed E-state index contributed by atoms with van der Waals surface area (Å²) in [4.78, 5) is 20.0. The van der Waals surface area contributed by atoms with Crippen LogP contribution in [-0.2, 0) is 9.59 Å². The molecule has 0 radical (unpaired) electrons. The van der Waals surface area contributed by atoms with E-state index in [1.807, 2.05) is 36.5 Å². The van der Waals surface area contributed by atoms with Gasteiger partial charge in [0.05, 0.1) is 0 Å². The summed E-state index contributed by atoms with van der Waals surface area (Å²) in [5.74, 6) is 0. The SMILES string of the molecule is O=C/C=C/CCCC/C=C/C=C/C=C/CCC=O. The third-order valence-corrected chi connectivity index (χ3v) is 2.26. The van der Waals surface area contributed by atoms with Crippen LogP contribution in [0.4, 0.5) is 0 Å². The van der Waals surface area contributed by atoms with Gasteiger partial charge in [-0.15, -0.1) is 0 Å². The number of carbonyl (C=O) groups is 2. The molecule has 0 heterocycles. The molecule has 0 rings (SSSR count). The Hall–Kier alpha value is -1.70. The van der Waals surface area contributed by atoms with Crippen LogP contribution < -0.4 is 0 Å². The van der Waals surface area contributed by atoms with E-state index in [4.69, 9.17) is 0 Å². The lowest BCUT2D eigenvalue weighted by Gasteiger charge is -1.91. The van der Waals surface area contributed by atoms with Crippen molar-refractivity contribution in [1.82, 2.24) is 0 Å². The number of allylic oxidation sites excluding steroid dienone is 8. The summed E-state index contributed by atoms with van der Waals surface area (Å²) in [5, 5.41) is 0. The zero-order valence-corrected chi connectivity index (χ0v) is 10.8. The average molecular weight is 246 g/mol. The first kappa shape index (κ1) is 16.3. The first-order chi connectivity index (χ1) is 8.91. The van der Waals surface area contributed by atoms with Crippen LogP contribution in [0, 0.1) is 0 Å². The van der Waals surface area contributed by atoms with Gasteiger partial charge in [-0.25, -0.2) is 0 Å². The highest BCUT2D eigenvalue weighted by Gasteiger charge is 1.82. The Morgan fingerprint density at radius 1 is 0.556 bits per heavy atom. The van der Waals surface area contributed by atoms with Crippen molar-refractivity contribution in [2.75, 3.05) is 0 Å². The van der Waals surface area contributed by atoms with Crippen molar-refractivity contribution in [1.29, 1.82) is 0 Å². The molecule has 0 amide bonds. The minimum Gasteiger partial charge on any atom is -0.303 e. The van der Waals surface area contributed by atoms with Crippen LogP contribution in [0.25, 0.3) is 0 Å². The van der Waals surface area contributed by atoms with Gasteiger partial charge in [-0.3, -0.25) is 4.79 Å². The van der Waals surface area contributed by atoms with Crippen LogP contribution in [0.5, 0.6) is 0 Å². The third kappa shape index (κ3) is 14.3. The van der Waals surface area contributed by atoms with Crippen LogP contribution in [0.3, 0.4) is 0 Å². The second-order valence-electron chi connectivity index (χ2n) is 3.83. The predicted molar refractivity (Wildman–Crippen MR) is 76.4 cm³/mol. The molecule has 0 aliphatic rings. The van der Waals surface area contributed by atoms with E-state index in [0.29, 0.717) is 6.42 Å². The van der Waals surface area contributed by atoms with Gasteiger partial charge in [0, 0.05) is 6.42 Å². The van der Waals surface area contributed by atoms with Gasteiger partial charge in [0.25, 0.3) is 0 Å². The van der Waals surface area contributed by atoms with Crippen molar-refractivity contribution >= 4 is 12.6 Å². The van der Waals surface area contributed by atoms with E-state index in [1.165, 1.54) is 0 Å². The third-order valence-electron chi connectivity index (χ3n) is 2.26. The lowest BCUT2D eigenvalue weighted by molar-refractivity contribution is -0.107. The van der Waals surface area contributed by atoms with E-state index in [0.717, 1.165) is 44.7 Å². The second-order valence-corrected chi connectivity index (χ2v) is 3.83. The molecule has 0 saturated heterocycles. The van der Waals surface area contributed by atoms with Gasteiger partial charge in [-0.05, 0) is 38.2 Å². The Morgan fingerprint density at radius 3 is 1.67 bits per heavy atom. The monoisotopic (exact) mass is 246 g/mol. The minimum atomic E-state index is 0.596. The summed E-state index contributed by atoms with van der Waals surface area (Å²) in [6, 6.07) is 0. The number of aldehydes is 2. The first-order valence-corrected chi connectivity index (χ1v) is 6.44. The van der Waals surface area contributed by atoms with Crippen molar-refractivity contribution in [3.8, 4) is 0 Å². The molecule has 98 valence electrons. The Balaban J connectivity index is 3.39. The predicted octanol–water partition coefficient (Wildman–Crippen LogP) is 3.95. The zero-order valence-electron chi connectivity index (χ0n) is 10.8. The minimum absolute atomic E-state index is 0.596. The number of rotatable bonds is 11. The standard InChI is InChI=1S/C16H22O2/c17-15-13-11-9-7-5-3-1-2-4-6-8-10-12-14-16-18/h1-3,5,7,9,12,14-16H,4,6,8,10-11,13H2/b2-1+,5-3+,9-7+,14-12+. The maximum absolute atomic E-state index is 10.0. The van der Waals surface area contributed by atoms with Crippen molar-refractivity contribution in [3.63, 3.8) is 0 Å². The van der Waals surface area contributed by atoms with Gasteiger partial charge in [-0.2, -0.15) is 0 Å². The highest BCUT2D eigenvalue weighted by atomic mass is 16.1. The molecular formula is C16H22O2. The highest BCUT2D eigenvalue weighted by Crippen LogP contribution is 2.01. The van der Waals surface area contributed by atoms with Gasteiger partial charge in [0.2, 0.25) is 0 Å². The largest absolute Gasteiger partial charge is 0.303 e. The van der Waals surface area contributed by atoms with Crippen molar-refractivity contribution < 1.29 is 9.59 Å². The molecule has 2 nitrogen and oxygen atoms in total. The summed E-state index contributed by atoms with van der Waals surface area (Å²) in [6.07, 6.45) is 23.0. The zero-order chi connectivity index (χ0) is 13.3. The van der Waals surface area contributed by atoms with E-state index in [1.54, 1.807) is 6.08 Å². The molecule has 0 aromatic heterocycles. The first-order valence-electron chi connectivity index (χ1n) is 6.44. The molecule has 0 aromatic rings. The van der Waals surface area contributed by atoms with E-state index in [2.05, 4.69) is 6.08 Å². The van der Waals surface area contributed by atoms with Crippen LogP contribution >= 0.6 is 0 Å². The number of unbranched alkanes of at least 4 members (excludes halogenated alkanes) is 4. The van der Waals surface area contributed by atoms with Gasteiger partial charge in [0.1, 0.15) is 12.6 Å². The highest BCUT2D eigenvalue weighted by molar-refractivity contribution is 5.64. The second kappa shape index (κ2) is 15.3. The molecule has 0 aromatic carbocycles. The Labute approximate surface area is 110 Å². The topological polar surface area (TPSA) is 34.1 Å². The molecule has 18 heavy (non-hydrogen) atoms. The average Bonchev–Trinajstić information content (AvgIpc) is 2.39. The molecule has 0 aliphatic carbocycles. The maximum Gasteiger partial charge on any atom is 0.142 e. The summed E-state index contributed by atoms with van der Waals surface area (Å²) < 4.78 is 0. The van der Waals surface area contributed by atoms with Crippen LogP contribution in [0.15, 0.2) is 48.6 Å². The van der Waals surface area contributed by atoms with E-state index >= 15 is 0 Å². The van der Waals surface area contributed by atoms with Crippen molar-refractivity contribution in [2.24, 2.45) is 0 Å². The fourth-order valence-electron chi connectivity index (χ4n) is 1.32. The maximum atomic E-state index is 10.0. The van der Waals surface area contributed by atoms with Gasteiger partial charge in [-0.1, -0.05) is 42.5 Å². The molecule has 0 saturated carbocycles. The molecular weight excluding hydrogens is 224 g/mol. The normalized spacial score (nSPS) is 12.2. The molecule has 0 fully saturated rings. The smallest absolute Gasteiger partial charge is 0.142 e. The Morgan fingerprint density at radius 2 is 1.11 bits per heavy atom. The van der Waals surface area contributed by atoms with E-state index < -0.39 is 0 Å². The summed E-state index contributed by atoms with van der Waals surface area (Å²) in [7, 11) is 0. The van der Waals surface area contributed by atoms with Crippen LogP contribution in [-0.4, -0.2) is 12.6 Å². The molecule has 0 unspecified atom stereocenters.